The molecule has 0 saturated heterocycles. The third-order valence-electron chi connectivity index (χ3n) is 1.98. The molecule has 13 heavy (non-hydrogen) atoms. The minimum absolute atomic E-state index is 0.283. The predicted octanol–water partition coefficient (Wildman–Crippen LogP) is 3.33. The van der Waals surface area contributed by atoms with Crippen LogP contribution >= 0.6 is 11.6 Å². The fourth-order valence-corrected chi connectivity index (χ4v) is 1.53. The van der Waals surface area contributed by atoms with E-state index < -0.39 is 0 Å². The highest BCUT2D eigenvalue weighted by Gasteiger charge is 2.04. The summed E-state index contributed by atoms with van der Waals surface area (Å²) in [7, 11) is 0. The third kappa shape index (κ3) is 2.59. The van der Waals surface area contributed by atoms with Crippen molar-refractivity contribution in [1.29, 1.82) is 0 Å². The van der Waals surface area contributed by atoms with Crippen LogP contribution in [0.15, 0.2) is 18.2 Å². The van der Waals surface area contributed by atoms with Crippen molar-refractivity contribution in [1.82, 2.24) is 0 Å². The molecule has 0 atom stereocenters. The first-order valence-corrected chi connectivity index (χ1v) is 4.76. The molecule has 1 nitrogen and oxygen atoms in total. The maximum atomic E-state index is 12.9. The lowest BCUT2D eigenvalue weighted by molar-refractivity contribution is 0.627. The molecule has 0 aromatic heterocycles. The smallest absolute Gasteiger partial charge is 0.126 e. The van der Waals surface area contributed by atoms with Crippen molar-refractivity contribution < 1.29 is 4.39 Å². The number of rotatable bonds is 3. The summed E-state index contributed by atoms with van der Waals surface area (Å²) in [4.78, 5) is 2.05. The number of nitrogens with zero attached hydrogens (tertiary/aromatic N) is 1. The Morgan fingerprint density at radius 1 is 1.23 bits per heavy atom. The summed E-state index contributed by atoms with van der Waals surface area (Å²) in [5.74, 6) is -0.283. The van der Waals surface area contributed by atoms with Crippen LogP contribution in [0.25, 0.3) is 0 Å². The van der Waals surface area contributed by atoms with Gasteiger partial charge in [0.1, 0.15) is 5.82 Å². The number of anilines is 1. The average Bonchev–Trinajstić information content (AvgIpc) is 2.04. The zero-order valence-electron chi connectivity index (χ0n) is 7.85. The molecule has 0 bridgehead atoms. The summed E-state index contributed by atoms with van der Waals surface area (Å²) in [6.45, 7) is 5.77. The lowest BCUT2D eigenvalue weighted by atomic mass is 10.3. The molecule has 0 heterocycles. The van der Waals surface area contributed by atoms with Crippen molar-refractivity contribution in [3.8, 4) is 0 Å². The molecule has 0 aliphatic rings. The Morgan fingerprint density at radius 2 is 1.85 bits per heavy atom. The van der Waals surface area contributed by atoms with E-state index in [0.717, 1.165) is 18.8 Å². The van der Waals surface area contributed by atoms with Crippen molar-refractivity contribution in [3.63, 3.8) is 0 Å². The largest absolute Gasteiger partial charge is 0.372 e. The number of halogens is 2. The summed E-state index contributed by atoms with van der Waals surface area (Å²) in [5.41, 5.74) is 0.843. The molecule has 0 fully saturated rings. The van der Waals surface area contributed by atoms with Gasteiger partial charge in [0.25, 0.3) is 0 Å². The van der Waals surface area contributed by atoms with E-state index in [-0.39, 0.29) is 5.82 Å². The van der Waals surface area contributed by atoms with Gasteiger partial charge in [-0.3, -0.25) is 0 Å². The molecule has 0 saturated carbocycles. The van der Waals surface area contributed by atoms with Gasteiger partial charge in [0.05, 0.1) is 0 Å². The molecular weight excluding hydrogens is 189 g/mol. The van der Waals surface area contributed by atoms with Crippen LogP contribution in [0.4, 0.5) is 10.1 Å². The van der Waals surface area contributed by atoms with Crippen LogP contribution in [0, 0.1) is 5.82 Å². The van der Waals surface area contributed by atoms with Crippen LogP contribution < -0.4 is 4.90 Å². The minimum atomic E-state index is -0.283. The van der Waals surface area contributed by atoms with Gasteiger partial charge in [-0.05, 0) is 32.0 Å². The second-order valence-electron chi connectivity index (χ2n) is 2.80. The molecule has 72 valence electrons. The minimum Gasteiger partial charge on any atom is -0.372 e. The van der Waals surface area contributed by atoms with Crippen LogP contribution in [-0.4, -0.2) is 13.1 Å². The maximum absolute atomic E-state index is 12.9. The molecule has 0 spiro atoms. The molecule has 0 aliphatic carbocycles. The van der Waals surface area contributed by atoms with E-state index in [2.05, 4.69) is 4.90 Å². The Labute approximate surface area is 83.1 Å². The Morgan fingerprint density at radius 3 is 2.31 bits per heavy atom. The van der Waals surface area contributed by atoms with E-state index in [1.165, 1.54) is 12.1 Å². The van der Waals surface area contributed by atoms with E-state index in [4.69, 9.17) is 11.6 Å². The Hall–Kier alpha value is -0.760. The monoisotopic (exact) mass is 201 g/mol. The molecule has 1 aromatic rings. The van der Waals surface area contributed by atoms with Crippen LogP contribution in [-0.2, 0) is 0 Å². The fraction of sp³-hybridized carbons (Fsp3) is 0.400. The van der Waals surface area contributed by atoms with E-state index in [1.54, 1.807) is 6.07 Å². The van der Waals surface area contributed by atoms with Crippen molar-refractivity contribution in [3.05, 3.63) is 29.0 Å². The Balaban J connectivity index is 2.99. The molecular formula is C10H13ClFN. The standard InChI is InChI=1S/C10H13ClFN/c1-3-13(4-2)10-6-8(11)5-9(12)7-10/h5-7H,3-4H2,1-2H3. The molecule has 1 rings (SSSR count). The highest BCUT2D eigenvalue weighted by atomic mass is 35.5. The van der Waals surface area contributed by atoms with Crippen LogP contribution in [0.1, 0.15) is 13.8 Å². The zero-order valence-corrected chi connectivity index (χ0v) is 8.61. The average molecular weight is 202 g/mol. The van der Waals surface area contributed by atoms with E-state index in [1.807, 2.05) is 13.8 Å². The van der Waals surface area contributed by atoms with Crippen molar-refractivity contribution >= 4 is 17.3 Å². The molecule has 0 amide bonds. The molecule has 0 radical (unpaired) electrons. The van der Waals surface area contributed by atoms with Crippen molar-refractivity contribution in [2.24, 2.45) is 0 Å². The molecule has 0 aliphatic heterocycles. The molecule has 3 heteroatoms. The van der Waals surface area contributed by atoms with Gasteiger partial charge in [-0.25, -0.2) is 4.39 Å². The van der Waals surface area contributed by atoms with E-state index >= 15 is 0 Å². The summed E-state index contributed by atoms with van der Waals surface area (Å²) in [6.07, 6.45) is 0. The van der Waals surface area contributed by atoms with Gasteiger partial charge in [0.2, 0.25) is 0 Å². The van der Waals surface area contributed by atoms with Crippen LogP contribution in [0.5, 0.6) is 0 Å². The first-order valence-electron chi connectivity index (χ1n) is 4.38. The first kappa shape index (κ1) is 10.3. The zero-order chi connectivity index (χ0) is 9.84. The normalized spacial score (nSPS) is 10.2. The van der Waals surface area contributed by atoms with Gasteiger partial charge in [0, 0.05) is 23.8 Å². The summed E-state index contributed by atoms with van der Waals surface area (Å²) >= 11 is 5.74. The molecule has 0 N–H and O–H groups in total. The van der Waals surface area contributed by atoms with Crippen LogP contribution in [0.2, 0.25) is 5.02 Å². The lowest BCUT2D eigenvalue weighted by Crippen LogP contribution is -2.21. The van der Waals surface area contributed by atoms with Gasteiger partial charge in [-0.15, -0.1) is 0 Å². The summed E-state index contributed by atoms with van der Waals surface area (Å²) in [5, 5.41) is 0.446. The summed E-state index contributed by atoms with van der Waals surface area (Å²) < 4.78 is 12.9. The SMILES string of the molecule is CCN(CC)c1cc(F)cc(Cl)c1. The maximum Gasteiger partial charge on any atom is 0.126 e. The predicted molar refractivity (Wildman–Crippen MR) is 55.0 cm³/mol. The van der Waals surface area contributed by atoms with E-state index in [0.29, 0.717) is 5.02 Å². The van der Waals surface area contributed by atoms with Gasteiger partial charge in [-0.2, -0.15) is 0 Å². The van der Waals surface area contributed by atoms with Crippen molar-refractivity contribution in [2.45, 2.75) is 13.8 Å². The second-order valence-corrected chi connectivity index (χ2v) is 3.24. The highest BCUT2D eigenvalue weighted by molar-refractivity contribution is 6.30. The van der Waals surface area contributed by atoms with Gasteiger partial charge >= 0.3 is 0 Å². The molecule has 0 unspecified atom stereocenters. The van der Waals surface area contributed by atoms with Gasteiger partial charge in [-0.1, -0.05) is 11.6 Å². The third-order valence-corrected chi connectivity index (χ3v) is 2.19. The topological polar surface area (TPSA) is 3.24 Å². The van der Waals surface area contributed by atoms with E-state index in [9.17, 15) is 4.39 Å². The number of benzene rings is 1. The van der Waals surface area contributed by atoms with Gasteiger partial charge in [0.15, 0.2) is 0 Å². The number of hydrogen-bond donors (Lipinski definition) is 0. The van der Waals surface area contributed by atoms with Gasteiger partial charge < -0.3 is 4.90 Å². The van der Waals surface area contributed by atoms with Crippen molar-refractivity contribution in [2.75, 3.05) is 18.0 Å². The fourth-order valence-electron chi connectivity index (χ4n) is 1.31. The van der Waals surface area contributed by atoms with Crippen LogP contribution in [0.3, 0.4) is 0 Å². The Kier molecular flexibility index (Phi) is 3.55. The second kappa shape index (κ2) is 4.47. The highest BCUT2D eigenvalue weighted by Crippen LogP contribution is 2.21. The Bertz CT molecular complexity index is 264. The summed E-state index contributed by atoms with van der Waals surface area (Å²) in [6, 6.07) is 4.59. The first-order chi connectivity index (χ1) is 6.17. The number of hydrogen-bond acceptors (Lipinski definition) is 1. The quantitative estimate of drug-likeness (QED) is 0.725. The molecule has 1 aromatic carbocycles. The lowest BCUT2D eigenvalue weighted by Gasteiger charge is -2.21.